The minimum Gasteiger partial charge on any atom is -0.355 e. The van der Waals surface area contributed by atoms with Crippen LogP contribution in [0.25, 0.3) is 0 Å². The molecule has 2 N–H and O–H groups in total. The quantitative estimate of drug-likeness (QED) is 0.838. The third kappa shape index (κ3) is 4.59. The second-order valence-corrected chi connectivity index (χ2v) is 6.14. The van der Waals surface area contributed by atoms with E-state index in [1.54, 1.807) is 0 Å². The van der Waals surface area contributed by atoms with Crippen molar-refractivity contribution in [3.8, 4) is 0 Å². The Kier molecular flexibility index (Phi) is 5.37. The number of carbonyl (C=O) groups is 2. The number of hydrogen-bond donors (Lipinski definition) is 2. The molecule has 0 saturated carbocycles. The maximum Gasteiger partial charge on any atom is 0.225 e. The topological polar surface area (TPSA) is 58.2 Å². The van der Waals surface area contributed by atoms with E-state index in [9.17, 15) is 9.59 Å². The number of nitrogens with one attached hydrogen (secondary N) is 2. The third-order valence-corrected chi connectivity index (χ3v) is 4.17. The van der Waals surface area contributed by atoms with Gasteiger partial charge in [-0.2, -0.15) is 0 Å². The van der Waals surface area contributed by atoms with Crippen molar-refractivity contribution in [2.75, 3.05) is 13.1 Å². The van der Waals surface area contributed by atoms with Crippen molar-refractivity contribution in [2.24, 2.45) is 17.8 Å². The Bertz CT molecular complexity index is 485. The van der Waals surface area contributed by atoms with Gasteiger partial charge < -0.3 is 10.6 Å². The summed E-state index contributed by atoms with van der Waals surface area (Å²) in [6.07, 6.45) is 1.28. The van der Waals surface area contributed by atoms with Gasteiger partial charge in [-0.1, -0.05) is 44.2 Å². The van der Waals surface area contributed by atoms with Gasteiger partial charge >= 0.3 is 0 Å². The van der Waals surface area contributed by atoms with Crippen LogP contribution in [-0.2, 0) is 16.0 Å². The van der Waals surface area contributed by atoms with Gasteiger partial charge in [-0.25, -0.2) is 0 Å². The van der Waals surface area contributed by atoms with Crippen molar-refractivity contribution >= 4 is 11.8 Å². The predicted molar refractivity (Wildman–Crippen MR) is 82.6 cm³/mol. The van der Waals surface area contributed by atoms with E-state index in [2.05, 4.69) is 36.6 Å². The molecule has 1 fully saturated rings. The first-order chi connectivity index (χ1) is 10.1. The van der Waals surface area contributed by atoms with E-state index in [0.717, 1.165) is 6.42 Å². The smallest absolute Gasteiger partial charge is 0.225 e. The monoisotopic (exact) mass is 288 g/mol. The molecule has 4 heteroatoms. The molecule has 0 bridgehead atoms. The summed E-state index contributed by atoms with van der Waals surface area (Å²) in [5.74, 6) is 0.657. The molecule has 4 nitrogen and oxygen atoms in total. The Morgan fingerprint density at radius 3 is 2.62 bits per heavy atom. The lowest BCUT2D eigenvalue weighted by atomic mass is 9.89. The van der Waals surface area contributed by atoms with Gasteiger partial charge in [0, 0.05) is 19.5 Å². The third-order valence-electron chi connectivity index (χ3n) is 4.17. The highest BCUT2D eigenvalue weighted by molar-refractivity contribution is 5.89. The average molecular weight is 288 g/mol. The largest absolute Gasteiger partial charge is 0.355 e. The molecule has 1 aromatic carbocycles. The second-order valence-electron chi connectivity index (χ2n) is 6.14. The molecule has 2 rings (SSSR count). The Morgan fingerprint density at radius 2 is 2.05 bits per heavy atom. The summed E-state index contributed by atoms with van der Waals surface area (Å²) < 4.78 is 0. The lowest BCUT2D eigenvalue weighted by Gasteiger charge is -2.22. The van der Waals surface area contributed by atoms with Crippen LogP contribution in [0.1, 0.15) is 25.8 Å². The molecule has 0 spiro atoms. The van der Waals surface area contributed by atoms with Crippen LogP contribution in [-0.4, -0.2) is 24.9 Å². The van der Waals surface area contributed by atoms with Gasteiger partial charge in [0.05, 0.1) is 5.92 Å². The zero-order chi connectivity index (χ0) is 15.2. The van der Waals surface area contributed by atoms with Crippen LogP contribution in [0.15, 0.2) is 30.3 Å². The highest BCUT2D eigenvalue weighted by Gasteiger charge is 2.28. The number of benzene rings is 1. The van der Waals surface area contributed by atoms with Gasteiger partial charge in [-0.05, 0) is 23.8 Å². The molecule has 1 saturated heterocycles. The van der Waals surface area contributed by atoms with Crippen molar-refractivity contribution < 1.29 is 9.59 Å². The molecular weight excluding hydrogens is 264 g/mol. The minimum absolute atomic E-state index is 0.00735. The lowest BCUT2D eigenvalue weighted by Crippen LogP contribution is -2.37. The summed E-state index contributed by atoms with van der Waals surface area (Å²) in [7, 11) is 0. The van der Waals surface area contributed by atoms with Crippen LogP contribution in [0.2, 0.25) is 0 Å². The fourth-order valence-corrected chi connectivity index (χ4v) is 2.63. The van der Waals surface area contributed by atoms with Crippen molar-refractivity contribution in [3.05, 3.63) is 35.9 Å². The van der Waals surface area contributed by atoms with E-state index in [1.807, 2.05) is 18.2 Å². The zero-order valence-electron chi connectivity index (χ0n) is 12.8. The summed E-state index contributed by atoms with van der Waals surface area (Å²) in [5.41, 5.74) is 1.29. The SMILES string of the molecule is CC(C)[C@@H](CNC(=O)[C@H]1CNC(=O)C1)Cc1ccccc1. The Labute approximate surface area is 126 Å². The van der Waals surface area contributed by atoms with E-state index >= 15 is 0 Å². The molecule has 1 heterocycles. The van der Waals surface area contributed by atoms with E-state index in [0.29, 0.717) is 31.3 Å². The van der Waals surface area contributed by atoms with Gasteiger partial charge in [0.1, 0.15) is 0 Å². The van der Waals surface area contributed by atoms with E-state index in [4.69, 9.17) is 0 Å². The van der Waals surface area contributed by atoms with Gasteiger partial charge in [0.2, 0.25) is 11.8 Å². The van der Waals surface area contributed by atoms with Crippen LogP contribution in [0.5, 0.6) is 0 Å². The number of hydrogen-bond acceptors (Lipinski definition) is 2. The first kappa shape index (κ1) is 15.5. The number of rotatable bonds is 6. The molecule has 1 aliphatic heterocycles. The van der Waals surface area contributed by atoms with Crippen LogP contribution in [0.4, 0.5) is 0 Å². The molecule has 0 unspecified atom stereocenters. The second kappa shape index (κ2) is 7.25. The molecule has 114 valence electrons. The van der Waals surface area contributed by atoms with Crippen LogP contribution < -0.4 is 10.6 Å². The normalized spacial score (nSPS) is 19.4. The molecule has 1 aromatic rings. The Balaban J connectivity index is 1.85. The van der Waals surface area contributed by atoms with Crippen molar-refractivity contribution in [1.29, 1.82) is 0 Å². The first-order valence-corrected chi connectivity index (χ1v) is 7.64. The maximum absolute atomic E-state index is 12.1. The van der Waals surface area contributed by atoms with Crippen LogP contribution in [0.3, 0.4) is 0 Å². The summed E-state index contributed by atoms with van der Waals surface area (Å²) in [6.45, 7) is 5.49. The fraction of sp³-hybridized carbons (Fsp3) is 0.529. The Morgan fingerprint density at radius 1 is 1.33 bits per heavy atom. The molecule has 21 heavy (non-hydrogen) atoms. The lowest BCUT2D eigenvalue weighted by molar-refractivity contribution is -0.126. The van der Waals surface area contributed by atoms with Gasteiger partial charge in [-0.15, -0.1) is 0 Å². The van der Waals surface area contributed by atoms with E-state index < -0.39 is 0 Å². The maximum atomic E-state index is 12.1. The molecule has 0 radical (unpaired) electrons. The summed E-state index contributed by atoms with van der Waals surface area (Å²) >= 11 is 0. The number of carbonyl (C=O) groups excluding carboxylic acids is 2. The molecular formula is C17H24N2O2. The van der Waals surface area contributed by atoms with Crippen molar-refractivity contribution in [1.82, 2.24) is 10.6 Å². The van der Waals surface area contributed by atoms with Crippen molar-refractivity contribution in [3.63, 3.8) is 0 Å². The molecule has 0 aliphatic carbocycles. The van der Waals surface area contributed by atoms with E-state index in [1.165, 1.54) is 5.56 Å². The molecule has 0 aromatic heterocycles. The van der Waals surface area contributed by atoms with Gasteiger partial charge in [-0.3, -0.25) is 9.59 Å². The summed E-state index contributed by atoms with van der Waals surface area (Å²) in [6, 6.07) is 10.3. The summed E-state index contributed by atoms with van der Waals surface area (Å²) in [4.78, 5) is 23.2. The average Bonchev–Trinajstić information content (AvgIpc) is 2.90. The predicted octanol–water partition coefficient (Wildman–Crippen LogP) is 1.75. The highest BCUT2D eigenvalue weighted by Crippen LogP contribution is 2.17. The van der Waals surface area contributed by atoms with Gasteiger partial charge in [0.15, 0.2) is 0 Å². The zero-order valence-corrected chi connectivity index (χ0v) is 12.8. The van der Waals surface area contributed by atoms with E-state index in [-0.39, 0.29) is 17.7 Å². The van der Waals surface area contributed by atoms with Crippen LogP contribution in [0, 0.1) is 17.8 Å². The first-order valence-electron chi connectivity index (χ1n) is 7.64. The molecule has 2 atom stereocenters. The highest BCUT2D eigenvalue weighted by atomic mass is 16.2. The molecule has 1 aliphatic rings. The van der Waals surface area contributed by atoms with Crippen molar-refractivity contribution in [2.45, 2.75) is 26.7 Å². The van der Waals surface area contributed by atoms with Gasteiger partial charge in [0.25, 0.3) is 0 Å². The minimum atomic E-state index is -0.206. The van der Waals surface area contributed by atoms with Crippen LogP contribution >= 0.6 is 0 Å². The fourth-order valence-electron chi connectivity index (χ4n) is 2.63. The molecule has 2 amide bonds. The summed E-state index contributed by atoms with van der Waals surface area (Å²) in [5, 5.41) is 5.72. The Hall–Kier alpha value is -1.84. The number of amides is 2. The standard InChI is InChI=1S/C17H24N2O2/c1-12(2)14(8-13-6-4-3-5-7-13)10-19-17(21)15-9-16(20)18-11-15/h3-7,12,14-15H,8-11H2,1-2H3,(H,18,20)(H,19,21)/t14-,15-/m1/s1.